The lowest BCUT2D eigenvalue weighted by Crippen LogP contribution is -2.37. The zero-order valence-electron chi connectivity index (χ0n) is 10.5. The van der Waals surface area contributed by atoms with Crippen LogP contribution in [-0.2, 0) is 6.18 Å². The van der Waals surface area contributed by atoms with E-state index in [9.17, 15) is 18.3 Å². The van der Waals surface area contributed by atoms with E-state index in [1.807, 2.05) is 0 Å². The maximum atomic E-state index is 12.4. The molecule has 0 bridgehead atoms. The highest BCUT2D eigenvalue weighted by Gasteiger charge is 2.31. The highest BCUT2D eigenvalue weighted by Crippen LogP contribution is 2.31. The van der Waals surface area contributed by atoms with Crippen LogP contribution in [0.15, 0.2) is 24.3 Å². The van der Waals surface area contributed by atoms with Crippen molar-refractivity contribution in [1.82, 2.24) is 0 Å². The molecule has 0 radical (unpaired) electrons. The molecule has 0 heterocycles. The Kier molecular flexibility index (Phi) is 4.04. The molecule has 0 atom stereocenters. The first-order valence-electron chi connectivity index (χ1n) is 6.42. The fraction of sp³-hybridized carbons (Fsp3) is 0.571. The zero-order chi connectivity index (χ0) is 13.9. The molecule has 0 aromatic heterocycles. The average Bonchev–Trinajstić information content (AvgIpc) is 2.37. The lowest BCUT2D eigenvalue weighted by molar-refractivity contribution is -0.137. The third kappa shape index (κ3) is 3.86. The summed E-state index contributed by atoms with van der Waals surface area (Å²) in [4.78, 5) is 0. The number of aliphatic hydroxyl groups is 1. The first kappa shape index (κ1) is 14.2. The van der Waals surface area contributed by atoms with Gasteiger partial charge in [-0.25, -0.2) is 0 Å². The molecule has 0 unspecified atom stereocenters. The normalized spacial score (nSPS) is 19.2. The van der Waals surface area contributed by atoms with Gasteiger partial charge in [0.15, 0.2) is 0 Å². The molecular weight excluding hydrogens is 257 g/mol. The minimum Gasteiger partial charge on any atom is -0.491 e. The Bertz CT molecular complexity index is 406. The van der Waals surface area contributed by atoms with Crippen molar-refractivity contribution in [1.29, 1.82) is 0 Å². The summed E-state index contributed by atoms with van der Waals surface area (Å²) in [6, 6.07) is 4.55. The van der Waals surface area contributed by atoms with Gasteiger partial charge in [0.1, 0.15) is 12.4 Å². The third-order valence-electron chi connectivity index (χ3n) is 3.47. The van der Waals surface area contributed by atoms with Gasteiger partial charge in [-0.05, 0) is 37.1 Å². The van der Waals surface area contributed by atoms with Gasteiger partial charge >= 0.3 is 6.18 Å². The van der Waals surface area contributed by atoms with Crippen LogP contribution in [0.4, 0.5) is 13.2 Å². The van der Waals surface area contributed by atoms with Crippen LogP contribution < -0.4 is 4.74 Å². The molecule has 5 heteroatoms. The summed E-state index contributed by atoms with van der Waals surface area (Å²) < 4.78 is 42.5. The van der Waals surface area contributed by atoms with Gasteiger partial charge in [-0.3, -0.25) is 0 Å². The Hall–Kier alpha value is -1.23. The first-order valence-corrected chi connectivity index (χ1v) is 6.42. The van der Waals surface area contributed by atoms with Crippen molar-refractivity contribution in [2.75, 3.05) is 6.61 Å². The van der Waals surface area contributed by atoms with Crippen molar-refractivity contribution in [2.45, 2.75) is 43.9 Å². The maximum absolute atomic E-state index is 12.4. The fourth-order valence-corrected chi connectivity index (χ4v) is 2.31. The molecule has 0 aliphatic heterocycles. The fourth-order valence-electron chi connectivity index (χ4n) is 2.31. The summed E-state index contributed by atoms with van der Waals surface area (Å²) in [5.74, 6) is 0.354. The van der Waals surface area contributed by atoms with Gasteiger partial charge < -0.3 is 9.84 Å². The number of benzene rings is 1. The Morgan fingerprint density at radius 3 is 2.16 bits per heavy atom. The molecule has 2 rings (SSSR count). The number of alkyl halides is 3. The van der Waals surface area contributed by atoms with Crippen molar-refractivity contribution < 1.29 is 23.0 Å². The van der Waals surface area contributed by atoms with Gasteiger partial charge in [-0.15, -0.1) is 0 Å². The lowest BCUT2D eigenvalue weighted by atomic mass is 9.85. The van der Waals surface area contributed by atoms with Crippen LogP contribution in [0.25, 0.3) is 0 Å². The Labute approximate surface area is 110 Å². The second kappa shape index (κ2) is 5.41. The molecule has 0 amide bonds. The molecule has 0 spiro atoms. The minimum absolute atomic E-state index is 0.137. The highest BCUT2D eigenvalue weighted by molar-refractivity contribution is 5.28. The van der Waals surface area contributed by atoms with E-state index < -0.39 is 17.3 Å². The number of halogens is 3. The highest BCUT2D eigenvalue weighted by atomic mass is 19.4. The van der Waals surface area contributed by atoms with Gasteiger partial charge in [0.2, 0.25) is 0 Å². The molecule has 1 aliphatic rings. The van der Waals surface area contributed by atoms with Crippen LogP contribution in [0.2, 0.25) is 0 Å². The van der Waals surface area contributed by atoms with Crippen LogP contribution in [-0.4, -0.2) is 17.3 Å². The monoisotopic (exact) mass is 274 g/mol. The lowest BCUT2D eigenvalue weighted by Gasteiger charge is -2.31. The molecule has 0 saturated heterocycles. The topological polar surface area (TPSA) is 29.5 Å². The molecule has 1 aromatic rings. The van der Waals surface area contributed by atoms with Gasteiger partial charge in [-0.1, -0.05) is 19.3 Å². The van der Waals surface area contributed by atoms with Gasteiger partial charge in [0.05, 0.1) is 11.2 Å². The van der Waals surface area contributed by atoms with Crippen molar-refractivity contribution in [2.24, 2.45) is 0 Å². The summed E-state index contributed by atoms with van der Waals surface area (Å²) in [6.45, 7) is 0.137. The van der Waals surface area contributed by atoms with Crippen molar-refractivity contribution in [3.63, 3.8) is 0 Å². The Balaban J connectivity index is 1.93. The van der Waals surface area contributed by atoms with Crippen molar-refractivity contribution in [3.05, 3.63) is 29.8 Å². The Morgan fingerprint density at radius 1 is 1.05 bits per heavy atom. The zero-order valence-corrected chi connectivity index (χ0v) is 10.5. The Morgan fingerprint density at radius 2 is 1.63 bits per heavy atom. The molecule has 1 N–H and O–H groups in total. The first-order chi connectivity index (χ1) is 8.89. The van der Waals surface area contributed by atoms with Crippen LogP contribution >= 0.6 is 0 Å². The van der Waals surface area contributed by atoms with E-state index in [0.717, 1.165) is 31.4 Å². The van der Waals surface area contributed by atoms with Crippen LogP contribution in [0.3, 0.4) is 0 Å². The summed E-state index contributed by atoms with van der Waals surface area (Å²) in [5, 5.41) is 10.2. The van der Waals surface area contributed by atoms with E-state index in [1.165, 1.54) is 12.1 Å². The summed E-state index contributed by atoms with van der Waals surface area (Å²) in [6.07, 6.45) is 0.0870. The summed E-state index contributed by atoms with van der Waals surface area (Å²) in [5.41, 5.74) is -1.53. The van der Waals surface area contributed by atoms with Crippen molar-refractivity contribution in [3.8, 4) is 5.75 Å². The largest absolute Gasteiger partial charge is 0.491 e. The predicted molar refractivity (Wildman–Crippen MR) is 65.0 cm³/mol. The molecular formula is C14H17F3O2. The number of hydrogen-bond acceptors (Lipinski definition) is 2. The molecule has 2 nitrogen and oxygen atoms in total. The minimum atomic E-state index is -4.33. The van der Waals surface area contributed by atoms with Crippen LogP contribution in [0.1, 0.15) is 37.7 Å². The summed E-state index contributed by atoms with van der Waals surface area (Å²) >= 11 is 0. The molecule has 1 aromatic carbocycles. The van der Waals surface area contributed by atoms with Crippen LogP contribution in [0, 0.1) is 0 Å². The standard InChI is InChI=1S/C14H17F3O2/c15-14(16,17)11-4-6-12(7-5-11)19-10-13(18)8-2-1-3-9-13/h4-7,18H,1-3,8-10H2. The SMILES string of the molecule is OC1(COc2ccc(C(F)(F)F)cc2)CCCCC1. The maximum Gasteiger partial charge on any atom is 0.416 e. The molecule has 1 saturated carbocycles. The van der Waals surface area contributed by atoms with E-state index in [2.05, 4.69) is 0 Å². The molecule has 106 valence electrons. The number of rotatable bonds is 3. The quantitative estimate of drug-likeness (QED) is 0.909. The van der Waals surface area contributed by atoms with Gasteiger partial charge in [-0.2, -0.15) is 13.2 Å². The van der Waals surface area contributed by atoms with E-state index in [4.69, 9.17) is 4.74 Å². The molecule has 1 aliphatic carbocycles. The second-order valence-corrected chi connectivity index (χ2v) is 5.10. The molecule has 19 heavy (non-hydrogen) atoms. The van der Waals surface area contributed by atoms with Gasteiger partial charge in [0, 0.05) is 0 Å². The number of hydrogen-bond donors (Lipinski definition) is 1. The second-order valence-electron chi connectivity index (χ2n) is 5.10. The van der Waals surface area contributed by atoms with E-state index in [0.29, 0.717) is 18.6 Å². The predicted octanol–water partition coefficient (Wildman–Crippen LogP) is 3.78. The van der Waals surface area contributed by atoms with Gasteiger partial charge in [0.25, 0.3) is 0 Å². The van der Waals surface area contributed by atoms with E-state index in [1.54, 1.807) is 0 Å². The van der Waals surface area contributed by atoms with E-state index in [-0.39, 0.29) is 6.61 Å². The average molecular weight is 274 g/mol. The smallest absolute Gasteiger partial charge is 0.416 e. The third-order valence-corrected chi connectivity index (χ3v) is 3.47. The van der Waals surface area contributed by atoms with E-state index >= 15 is 0 Å². The molecule has 1 fully saturated rings. The summed E-state index contributed by atoms with van der Waals surface area (Å²) in [7, 11) is 0. The van der Waals surface area contributed by atoms with Crippen LogP contribution in [0.5, 0.6) is 5.75 Å². The van der Waals surface area contributed by atoms with Crippen molar-refractivity contribution >= 4 is 0 Å². The number of ether oxygens (including phenoxy) is 1.